The summed E-state index contributed by atoms with van der Waals surface area (Å²) in [5.41, 5.74) is -0.436. The number of nitrogens with one attached hydrogen (secondary N) is 2. The first kappa shape index (κ1) is 28.2. The zero-order valence-electron chi connectivity index (χ0n) is 19.7. The fraction of sp³-hybridized carbons (Fsp3) is 0.905. The molecule has 1 fully saturated rings. The number of rotatable bonds is 7. The van der Waals surface area contributed by atoms with Crippen LogP contribution in [0.4, 0.5) is 4.79 Å². The minimum atomic E-state index is -0.436. The summed E-state index contributed by atoms with van der Waals surface area (Å²) < 4.78 is 5.46. The topological polar surface area (TPSA) is 69.2 Å². The maximum absolute atomic E-state index is 12.2. The second kappa shape index (κ2) is 13.5. The van der Waals surface area contributed by atoms with Crippen molar-refractivity contribution >= 4 is 36.0 Å². The Hall–Kier alpha value is -0.770. The largest absolute Gasteiger partial charge is 0.444 e. The molecule has 8 heteroatoms. The summed E-state index contributed by atoms with van der Waals surface area (Å²) in [7, 11) is 1.81. The third kappa shape index (κ3) is 11.3. The number of amides is 1. The highest BCUT2D eigenvalue weighted by Crippen LogP contribution is 2.19. The van der Waals surface area contributed by atoms with E-state index in [4.69, 9.17) is 4.74 Å². The number of carbonyl (C=O) groups is 1. The van der Waals surface area contributed by atoms with Crippen molar-refractivity contribution in [1.82, 2.24) is 20.4 Å². The number of carbonyl (C=O) groups excluding carboxylic acids is 1. The van der Waals surface area contributed by atoms with Gasteiger partial charge < -0.3 is 20.3 Å². The molecule has 0 spiro atoms. The van der Waals surface area contributed by atoms with Gasteiger partial charge in [0, 0.05) is 51.9 Å². The maximum atomic E-state index is 12.2. The van der Waals surface area contributed by atoms with Gasteiger partial charge in [0.2, 0.25) is 0 Å². The van der Waals surface area contributed by atoms with Gasteiger partial charge in [0.25, 0.3) is 0 Å². The monoisotopic (exact) mass is 525 g/mol. The molecule has 1 aliphatic rings. The molecule has 1 rings (SSSR count). The number of piperidine rings is 1. The quantitative estimate of drug-likeness (QED) is 0.303. The lowest BCUT2D eigenvalue weighted by molar-refractivity contribution is 0.0185. The van der Waals surface area contributed by atoms with Crippen LogP contribution in [0, 0.1) is 5.92 Å². The molecule has 1 aliphatic heterocycles. The normalized spacial score (nSPS) is 16.2. The predicted molar refractivity (Wildman–Crippen MR) is 132 cm³/mol. The Morgan fingerprint density at radius 1 is 1.14 bits per heavy atom. The first-order valence-electron chi connectivity index (χ1n) is 10.7. The molecule has 0 aliphatic carbocycles. The van der Waals surface area contributed by atoms with E-state index in [2.05, 4.69) is 48.2 Å². The van der Waals surface area contributed by atoms with Gasteiger partial charge in [0.1, 0.15) is 5.60 Å². The zero-order valence-corrected chi connectivity index (χ0v) is 22.1. The average Bonchev–Trinajstić information content (AvgIpc) is 2.59. The lowest BCUT2D eigenvalue weighted by Crippen LogP contribution is -2.47. The van der Waals surface area contributed by atoms with Gasteiger partial charge in [-0.25, -0.2) is 4.79 Å². The molecular weight excluding hydrogens is 481 g/mol. The van der Waals surface area contributed by atoms with Gasteiger partial charge in [0.05, 0.1) is 0 Å². The van der Waals surface area contributed by atoms with Gasteiger partial charge in [-0.05, 0) is 67.2 Å². The summed E-state index contributed by atoms with van der Waals surface area (Å²) in [4.78, 5) is 20.8. The SMILES string of the molecule is CN=C(NCCN(C(C)C)C(C)C)NCC1CCN(C(=O)OC(C)(C)C)CC1.I. The summed E-state index contributed by atoms with van der Waals surface area (Å²) in [6.07, 6.45) is 1.77. The average molecular weight is 526 g/mol. The van der Waals surface area contributed by atoms with E-state index in [0.29, 0.717) is 18.0 Å². The Morgan fingerprint density at radius 2 is 1.69 bits per heavy atom. The van der Waals surface area contributed by atoms with Gasteiger partial charge in [0.15, 0.2) is 5.96 Å². The number of halogens is 1. The summed E-state index contributed by atoms with van der Waals surface area (Å²) in [6, 6.07) is 1.07. The molecule has 0 radical (unpaired) electrons. The van der Waals surface area contributed by atoms with Crippen molar-refractivity contribution in [2.75, 3.05) is 39.8 Å². The molecule has 1 amide bonds. The minimum Gasteiger partial charge on any atom is -0.444 e. The van der Waals surface area contributed by atoms with E-state index in [0.717, 1.165) is 51.5 Å². The molecule has 29 heavy (non-hydrogen) atoms. The van der Waals surface area contributed by atoms with Crippen LogP contribution < -0.4 is 10.6 Å². The molecule has 0 saturated carbocycles. The van der Waals surface area contributed by atoms with Crippen LogP contribution in [0.3, 0.4) is 0 Å². The molecular formula is C21H44IN5O2. The lowest BCUT2D eigenvalue weighted by Gasteiger charge is -2.33. The summed E-state index contributed by atoms with van der Waals surface area (Å²) in [5.74, 6) is 1.39. The fourth-order valence-corrected chi connectivity index (χ4v) is 3.52. The fourth-order valence-electron chi connectivity index (χ4n) is 3.52. The van der Waals surface area contributed by atoms with Gasteiger partial charge >= 0.3 is 6.09 Å². The minimum absolute atomic E-state index is 0. The molecule has 0 atom stereocenters. The highest BCUT2D eigenvalue weighted by atomic mass is 127. The van der Waals surface area contributed by atoms with Gasteiger partial charge in [-0.1, -0.05) is 0 Å². The van der Waals surface area contributed by atoms with Crippen molar-refractivity contribution in [3.8, 4) is 0 Å². The van der Waals surface area contributed by atoms with Crippen molar-refractivity contribution in [2.24, 2.45) is 10.9 Å². The van der Waals surface area contributed by atoms with Crippen molar-refractivity contribution < 1.29 is 9.53 Å². The van der Waals surface area contributed by atoms with Crippen LogP contribution in [-0.2, 0) is 4.74 Å². The summed E-state index contributed by atoms with van der Waals surface area (Å²) in [5, 5.41) is 6.85. The van der Waals surface area contributed by atoms with Crippen LogP contribution in [0.2, 0.25) is 0 Å². The van der Waals surface area contributed by atoms with Crippen LogP contribution in [-0.4, -0.2) is 79.3 Å². The molecule has 0 aromatic rings. The molecule has 2 N–H and O–H groups in total. The van der Waals surface area contributed by atoms with Crippen LogP contribution in [0.1, 0.15) is 61.3 Å². The van der Waals surface area contributed by atoms with E-state index >= 15 is 0 Å². The van der Waals surface area contributed by atoms with Crippen molar-refractivity contribution in [3.05, 3.63) is 0 Å². The number of likely N-dealkylation sites (tertiary alicyclic amines) is 1. The number of ether oxygens (including phenoxy) is 1. The molecule has 172 valence electrons. The summed E-state index contributed by atoms with van der Waals surface area (Å²) >= 11 is 0. The second-order valence-corrected chi connectivity index (χ2v) is 9.22. The lowest BCUT2D eigenvalue weighted by atomic mass is 9.97. The molecule has 0 aromatic heterocycles. The van der Waals surface area contributed by atoms with E-state index in [1.54, 1.807) is 0 Å². The molecule has 1 heterocycles. The smallest absolute Gasteiger partial charge is 0.410 e. The van der Waals surface area contributed by atoms with E-state index in [9.17, 15) is 4.79 Å². The van der Waals surface area contributed by atoms with Crippen LogP contribution in [0.15, 0.2) is 4.99 Å². The number of hydrogen-bond acceptors (Lipinski definition) is 4. The molecule has 7 nitrogen and oxygen atoms in total. The summed E-state index contributed by atoms with van der Waals surface area (Å²) in [6.45, 7) is 18.9. The highest BCUT2D eigenvalue weighted by molar-refractivity contribution is 14.0. The number of hydrogen-bond donors (Lipinski definition) is 2. The Balaban J connectivity index is 0.00000784. The Kier molecular flexibility index (Phi) is 13.2. The highest BCUT2D eigenvalue weighted by Gasteiger charge is 2.26. The van der Waals surface area contributed by atoms with E-state index in [1.165, 1.54) is 0 Å². The number of nitrogens with zero attached hydrogens (tertiary/aromatic N) is 3. The Bertz CT molecular complexity index is 490. The van der Waals surface area contributed by atoms with E-state index < -0.39 is 5.60 Å². The van der Waals surface area contributed by atoms with Gasteiger partial charge in [-0.2, -0.15) is 0 Å². The molecule has 1 saturated heterocycles. The molecule has 0 aromatic carbocycles. The Labute approximate surface area is 195 Å². The first-order valence-corrected chi connectivity index (χ1v) is 10.7. The predicted octanol–water partition coefficient (Wildman–Crippen LogP) is 3.54. The van der Waals surface area contributed by atoms with Gasteiger partial charge in [-0.3, -0.25) is 9.89 Å². The van der Waals surface area contributed by atoms with Crippen molar-refractivity contribution in [1.29, 1.82) is 0 Å². The van der Waals surface area contributed by atoms with E-state index in [1.807, 2.05) is 32.7 Å². The van der Waals surface area contributed by atoms with Crippen LogP contribution >= 0.6 is 24.0 Å². The van der Waals surface area contributed by atoms with Crippen LogP contribution in [0.25, 0.3) is 0 Å². The van der Waals surface area contributed by atoms with E-state index in [-0.39, 0.29) is 30.1 Å². The first-order chi connectivity index (χ1) is 13.0. The van der Waals surface area contributed by atoms with Crippen LogP contribution in [0.5, 0.6) is 0 Å². The standard InChI is InChI=1S/C21H43N5O2.HI/c1-16(2)26(17(3)4)14-11-23-19(22-8)24-15-18-9-12-25(13-10-18)20(27)28-21(5,6)7;/h16-18H,9-15H2,1-8H3,(H2,22,23,24);1H. The third-order valence-electron chi connectivity index (χ3n) is 5.04. The maximum Gasteiger partial charge on any atom is 0.410 e. The van der Waals surface area contributed by atoms with Crippen molar-refractivity contribution in [3.63, 3.8) is 0 Å². The zero-order chi connectivity index (χ0) is 21.3. The third-order valence-corrected chi connectivity index (χ3v) is 5.04. The molecule has 0 bridgehead atoms. The second-order valence-electron chi connectivity index (χ2n) is 9.22. The number of guanidine groups is 1. The van der Waals surface area contributed by atoms with Gasteiger partial charge in [-0.15, -0.1) is 24.0 Å². The Morgan fingerprint density at radius 3 is 2.14 bits per heavy atom. The molecule has 0 unspecified atom stereocenters. The van der Waals surface area contributed by atoms with Crippen molar-refractivity contribution in [2.45, 2.75) is 79.0 Å². The number of aliphatic imine (C=N–C) groups is 1.